The Kier molecular flexibility index (Phi) is 8.89. The van der Waals surface area contributed by atoms with Crippen molar-refractivity contribution in [2.75, 3.05) is 65.6 Å². The molecule has 3 fully saturated rings. The molecule has 12 nitrogen and oxygen atoms in total. The quantitative estimate of drug-likeness (QED) is 0.312. The second kappa shape index (κ2) is 12.4. The van der Waals surface area contributed by atoms with Crippen LogP contribution in [0.3, 0.4) is 0 Å². The van der Waals surface area contributed by atoms with Gasteiger partial charge in [-0.3, -0.25) is 24.1 Å². The molecule has 12 heteroatoms. The Morgan fingerprint density at radius 2 is 1.88 bits per heavy atom. The monoisotopic (exact) mass is 560 g/mol. The first-order valence-corrected chi connectivity index (χ1v) is 14.4. The predicted octanol–water partition coefficient (Wildman–Crippen LogP) is -0.922. The number of carbonyl (C=O) groups is 4. The van der Waals surface area contributed by atoms with Crippen LogP contribution in [-0.4, -0.2) is 133 Å². The third-order valence-electron chi connectivity index (χ3n) is 8.46. The molecule has 0 unspecified atom stereocenters. The predicted molar refractivity (Wildman–Crippen MR) is 142 cm³/mol. The molecule has 5 aliphatic heterocycles. The smallest absolute Gasteiger partial charge is 0.313 e. The minimum absolute atomic E-state index is 0.139. The van der Waals surface area contributed by atoms with E-state index in [1.807, 2.05) is 6.08 Å². The largest absolute Gasteiger partial charge is 0.460 e. The van der Waals surface area contributed by atoms with Crippen LogP contribution in [-0.2, 0) is 33.4 Å². The van der Waals surface area contributed by atoms with Gasteiger partial charge in [0, 0.05) is 52.3 Å². The summed E-state index contributed by atoms with van der Waals surface area (Å²) < 4.78 is 17.8. The maximum atomic E-state index is 14.2. The van der Waals surface area contributed by atoms with Gasteiger partial charge in [-0.05, 0) is 19.8 Å². The SMILES string of the molecule is C[C@H]1CNC(=O)CC/C=C\[C@@H]2O[C@@]34C=CCN(CCN5CCOCC5)C(=O)[C@@H]3N(CCCO)C(=O)[C@H]4[C@@H]2C(=O)O1. The highest BCUT2D eigenvalue weighted by Gasteiger charge is 2.71. The summed E-state index contributed by atoms with van der Waals surface area (Å²) in [6.07, 6.45) is 6.79. The van der Waals surface area contributed by atoms with Gasteiger partial charge in [-0.25, -0.2) is 0 Å². The van der Waals surface area contributed by atoms with E-state index in [-0.39, 0.29) is 43.8 Å². The van der Waals surface area contributed by atoms with Crippen molar-refractivity contribution < 1.29 is 38.5 Å². The number of rotatable bonds is 6. The number of cyclic esters (lactones) is 1. The molecule has 0 radical (unpaired) electrons. The van der Waals surface area contributed by atoms with Crippen LogP contribution < -0.4 is 5.32 Å². The minimum Gasteiger partial charge on any atom is -0.460 e. The van der Waals surface area contributed by atoms with Gasteiger partial charge in [0.05, 0.1) is 31.8 Å². The first kappa shape index (κ1) is 28.7. The van der Waals surface area contributed by atoms with Gasteiger partial charge in [-0.15, -0.1) is 0 Å². The average molecular weight is 561 g/mol. The van der Waals surface area contributed by atoms with Gasteiger partial charge >= 0.3 is 5.97 Å². The van der Waals surface area contributed by atoms with Crippen LogP contribution in [0.5, 0.6) is 0 Å². The van der Waals surface area contributed by atoms with Crippen molar-refractivity contribution in [1.29, 1.82) is 0 Å². The normalized spacial score (nSPS) is 36.1. The van der Waals surface area contributed by atoms with Gasteiger partial charge < -0.3 is 34.4 Å². The number of amides is 3. The van der Waals surface area contributed by atoms with Gasteiger partial charge in [-0.2, -0.15) is 0 Å². The highest BCUT2D eigenvalue weighted by atomic mass is 16.6. The number of ether oxygens (including phenoxy) is 3. The van der Waals surface area contributed by atoms with Crippen molar-refractivity contribution in [1.82, 2.24) is 20.0 Å². The lowest BCUT2D eigenvalue weighted by Crippen LogP contribution is -2.56. The van der Waals surface area contributed by atoms with Crippen molar-refractivity contribution in [2.45, 2.75) is 50.0 Å². The fraction of sp³-hybridized carbons (Fsp3) is 0.714. The first-order chi connectivity index (χ1) is 19.4. The number of morpholine rings is 1. The lowest BCUT2D eigenvalue weighted by atomic mass is 9.78. The maximum absolute atomic E-state index is 14.2. The van der Waals surface area contributed by atoms with Crippen LogP contribution in [0, 0.1) is 11.8 Å². The van der Waals surface area contributed by atoms with Crippen LogP contribution in [0.2, 0.25) is 0 Å². The van der Waals surface area contributed by atoms with E-state index in [0.717, 1.165) is 13.1 Å². The molecule has 40 heavy (non-hydrogen) atoms. The summed E-state index contributed by atoms with van der Waals surface area (Å²) in [6.45, 7) is 6.33. The van der Waals surface area contributed by atoms with Gasteiger partial charge in [0.1, 0.15) is 23.7 Å². The van der Waals surface area contributed by atoms with Crippen LogP contribution in [0.25, 0.3) is 0 Å². The van der Waals surface area contributed by atoms with E-state index in [2.05, 4.69) is 10.2 Å². The number of fused-ring (bicyclic) bond motifs is 2. The highest BCUT2D eigenvalue weighted by Crippen LogP contribution is 2.53. The average Bonchev–Trinajstić information content (AvgIpc) is 3.33. The van der Waals surface area contributed by atoms with Crippen molar-refractivity contribution in [3.63, 3.8) is 0 Å². The molecule has 220 valence electrons. The lowest BCUT2D eigenvalue weighted by Gasteiger charge is -2.36. The molecule has 3 saturated heterocycles. The van der Waals surface area contributed by atoms with Gasteiger partial charge in [0.25, 0.3) is 0 Å². The Morgan fingerprint density at radius 3 is 2.65 bits per heavy atom. The molecule has 1 spiro atoms. The Hall–Kier alpha value is -2.80. The van der Waals surface area contributed by atoms with Crippen LogP contribution >= 0.6 is 0 Å². The molecule has 5 aliphatic rings. The molecule has 0 aliphatic carbocycles. The number of esters is 1. The van der Waals surface area contributed by atoms with Crippen LogP contribution in [0.4, 0.5) is 0 Å². The summed E-state index contributed by atoms with van der Waals surface area (Å²) >= 11 is 0. The van der Waals surface area contributed by atoms with Crippen LogP contribution in [0.15, 0.2) is 24.3 Å². The Morgan fingerprint density at radius 1 is 1.07 bits per heavy atom. The molecule has 5 heterocycles. The van der Waals surface area contributed by atoms with E-state index in [1.54, 1.807) is 30.1 Å². The molecular formula is C28H40N4O8. The zero-order valence-electron chi connectivity index (χ0n) is 23.0. The number of nitrogens with zero attached hydrogens (tertiary/aromatic N) is 3. The minimum atomic E-state index is -1.35. The molecular weight excluding hydrogens is 520 g/mol. The Labute approximate surface area is 234 Å². The molecule has 0 aromatic heterocycles. The van der Waals surface area contributed by atoms with Crippen molar-refractivity contribution in [3.05, 3.63) is 24.3 Å². The number of likely N-dealkylation sites (tertiary alicyclic amines) is 1. The van der Waals surface area contributed by atoms with Crippen molar-refractivity contribution >= 4 is 23.7 Å². The zero-order chi connectivity index (χ0) is 28.3. The third-order valence-corrected chi connectivity index (χ3v) is 8.46. The van der Waals surface area contributed by atoms with E-state index in [4.69, 9.17) is 14.2 Å². The van der Waals surface area contributed by atoms with E-state index in [0.29, 0.717) is 45.7 Å². The van der Waals surface area contributed by atoms with E-state index >= 15 is 0 Å². The lowest BCUT2D eigenvalue weighted by molar-refractivity contribution is -0.158. The van der Waals surface area contributed by atoms with Gasteiger partial charge in [0.15, 0.2) is 0 Å². The second-order valence-corrected chi connectivity index (χ2v) is 11.1. The molecule has 5 rings (SSSR count). The Balaban J connectivity index is 1.47. The van der Waals surface area contributed by atoms with Crippen LogP contribution in [0.1, 0.15) is 26.2 Å². The summed E-state index contributed by atoms with van der Waals surface area (Å²) in [6, 6.07) is -0.968. The molecule has 6 atom stereocenters. The summed E-state index contributed by atoms with van der Waals surface area (Å²) in [4.78, 5) is 59.4. The standard InChI is InChI=1S/C28H40N4O8/c1-19-18-29-21(34)7-3-2-6-20-22(27(37)39-19)23-25(35)32(10-5-15-33)24-26(36)31(9-4-8-28(23,24)40-20)12-11-30-13-16-38-17-14-30/h2,4,6,8,19-20,22-24,33H,3,5,7,9-18H2,1H3,(H,29,34)/b6-2-/t19-,20-,22+,23+,24-,28+/m0/s1. The fourth-order valence-corrected chi connectivity index (χ4v) is 6.48. The number of carbonyl (C=O) groups excluding carboxylic acids is 4. The van der Waals surface area contributed by atoms with Crippen molar-refractivity contribution in [2.24, 2.45) is 11.8 Å². The highest BCUT2D eigenvalue weighted by molar-refractivity contribution is 5.99. The zero-order valence-corrected chi connectivity index (χ0v) is 23.0. The number of nitrogens with one attached hydrogen (secondary N) is 1. The topological polar surface area (TPSA) is 138 Å². The van der Waals surface area contributed by atoms with Crippen molar-refractivity contribution in [3.8, 4) is 0 Å². The van der Waals surface area contributed by atoms with E-state index in [9.17, 15) is 24.3 Å². The molecule has 0 saturated carbocycles. The molecule has 0 bridgehead atoms. The summed E-state index contributed by atoms with van der Waals surface area (Å²) in [7, 11) is 0. The van der Waals surface area contributed by atoms with Gasteiger partial charge in [0.2, 0.25) is 17.7 Å². The van der Waals surface area contributed by atoms with E-state index < -0.39 is 41.7 Å². The number of aliphatic hydroxyl groups excluding tert-OH is 1. The number of hydrogen-bond acceptors (Lipinski definition) is 9. The van der Waals surface area contributed by atoms with E-state index in [1.165, 1.54) is 4.90 Å². The molecule has 2 N–H and O–H groups in total. The first-order valence-electron chi connectivity index (χ1n) is 14.4. The summed E-state index contributed by atoms with van der Waals surface area (Å²) in [5.41, 5.74) is -1.35. The maximum Gasteiger partial charge on any atom is 0.313 e. The Bertz CT molecular complexity index is 1040. The van der Waals surface area contributed by atoms with Gasteiger partial charge in [-0.1, -0.05) is 24.3 Å². The molecule has 3 amide bonds. The number of allylic oxidation sites excluding steroid dienone is 1. The molecule has 0 aromatic carbocycles. The second-order valence-electron chi connectivity index (χ2n) is 11.1. The third kappa shape index (κ3) is 5.54. The summed E-state index contributed by atoms with van der Waals surface area (Å²) in [5, 5.41) is 12.3. The number of aliphatic hydroxyl groups is 1. The number of hydrogen-bond donors (Lipinski definition) is 2. The molecule has 0 aromatic rings. The summed E-state index contributed by atoms with van der Waals surface area (Å²) in [5.74, 6) is -3.23. The fourth-order valence-electron chi connectivity index (χ4n) is 6.48.